The van der Waals surface area contributed by atoms with Gasteiger partial charge in [0.05, 0.1) is 6.54 Å². The highest BCUT2D eigenvalue weighted by Crippen LogP contribution is 2.44. The number of carbonyl (C=O) groups excluding carboxylic acids is 3. The molecule has 2 aromatic carbocycles. The number of benzene rings is 2. The number of carbonyl (C=O) groups is 3. The van der Waals surface area contributed by atoms with Crippen LogP contribution in [0.1, 0.15) is 57.1 Å². The summed E-state index contributed by atoms with van der Waals surface area (Å²) in [5, 5.41) is 7.97. The molecule has 0 radical (unpaired) electrons. The summed E-state index contributed by atoms with van der Waals surface area (Å²) in [7, 11) is 0. The maximum atomic E-state index is 12.7. The van der Waals surface area contributed by atoms with Gasteiger partial charge in [0.1, 0.15) is 18.2 Å². The predicted molar refractivity (Wildman–Crippen MR) is 142 cm³/mol. The molecule has 0 unspecified atom stereocenters. The molecule has 3 rings (SSSR count). The molecule has 0 heterocycles. The molecule has 0 bridgehead atoms. The van der Waals surface area contributed by atoms with Gasteiger partial charge in [-0.25, -0.2) is 9.59 Å². The maximum Gasteiger partial charge on any atom is 0.407 e. The molecule has 8 heteroatoms. The average molecular weight is 506 g/mol. The summed E-state index contributed by atoms with van der Waals surface area (Å²) >= 11 is 0. The Kier molecular flexibility index (Phi) is 9.56. The van der Waals surface area contributed by atoms with E-state index in [-0.39, 0.29) is 25.0 Å². The van der Waals surface area contributed by atoms with Gasteiger partial charge in [-0.3, -0.25) is 4.79 Å². The van der Waals surface area contributed by atoms with Crippen molar-refractivity contribution < 1.29 is 23.9 Å². The Morgan fingerprint density at radius 1 is 0.946 bits per heavy atom. The van der Waals surface area contributed by atoms with E-state index < -0.39 is 23.8 Å². The number of rotatable bonds is 10. The van der Waals surface area contributed by atoms with Crippen molar-refractivity contribution in [2.45, 2.75) is 57.6 Å². The summed E-state index contributed by atoms with van der Waals surface area (Å²) < 4.78 is 10.8. The molecule has 0 saturated carbocycles. The smallest absolute Gasteiger partial charge is 0.407 e. The van der Waals surface area contributed by atoms with Crippen LogP contribution in [0.4, 0.5) is 9.59 Å². The Balaban J connectivity index is 1.53. The summed E-state index contributed by atoms with van der Waals surface area (Å²) in [6.07, 6.45) is 5.63. The second kappa shape index (κ2) is 12.8. The van der Waals surface area contributed by atoms with E-state index in [0.29, 0.717) is 25.8 Å². The van der Waals surface area contributed by atoms with E-state index in [2.05, 4.69) is 34.0 Å². The fraction of sp³-hybridized carbons (Fsp3) is 0.414. The molecular formula is C29H35N3O5. The fourth-order valence-corrected chi connectivity index (χ4v) is 4.29. The first kappa shape index (κ1) is 27.6. The van der Waals surface area contributed by atoms with Crippen molar-refractivity contribution in [1.82, 2.24) is 16.0 Å². The molecule has 196 valence electrons. The Morgan fingerprint density at radius 3 is 2.16 bits per heavy atom. The summed E-state index contributed by atoms with van der Waals surface area (Å²) in [5.74, 6) is 1.90. The zero-order chi connectivity index (χ0) is 26.8. The van der Waals surface area contributed by atoms with Crippen molar-refractivity contribution >= 4 is 18.1 Å². The lowest BCUT2D eigenvalue weighted by Crippen LogP contribution is -2.47. The molecule has 3 amide bonds. The fourth-order valence-electron chi connectivity index (χ4n) is 4.29. The molecule has 1 aliphatic rings. The Labute approximate surface area is 218 Å². The van der Waals surface area contributed by atoms with Gasteiger partial charge in [0.2, 0.25) is 5.91 Å². The van der Waals surface area contributed by atoms with Gasteiger partial charge in [0, 0.05) is 12.5 Å². The van der Waals surface area contributed by atoms with Crippen LogP contribution < -0.4 is 16.0 Å². The van der Waals surface area contributed by atoms with Gasteiger partial charge in [-0.1, -0.05) is 54.5 Å². The molecule has 37 heavy (non-hydrogen) atoms. The third-order valence-corrected chi connectivity index (χ3v) is 5.90. The van der Waals surface area contributed by atoms with Crippen LogP contribution in [-0.4, -0.2) is 49.4 Å². The quantitative estimate of drug-likeness (QED) is 0.329. The first-order valence-corrected chi connectivity index (χ1v) is 12.5. The molecular weight excluding hydrogens is 470 g/mol. The topological polar surface area (TPSA) is 106 Å². The molecule has 0 saturated heterocycles. The lowest BCUT2D eigenvalue weighted by Gasteiger charge is -2.20. The maximum absolute atomic E-state index is 12.7. The van der Waals surface area contributed by atoms with Crippen LogP contribution in [0.5, 0.6) is 0 Å². The second-order valence-electron chi connectivity index (χ2n) is 9.87. The van der Waals surface area contributed by atoms with Gasteiger partial charge < -0.3 is 25.4 Å². The molecule has 1 aliphatic carbocycles. The van der Waals surface area contributed by atoms with Gasteiger partial charge >= 0.3 is 12.2 Å². The van der Waals surface area contributed by atoms with Gasteiger partial charge in [0.15, 0.2) is 0 Å². The zero-order valence-electron chi connectivity index (χ0n) is 21.6. The van der Waals surface area contributed by atoms with E-state index in [4.69, 9.17) is 15.9 Å². The molecule has 1 atom stereocenters. The number of fused-ring (bicyclic) bond motifs is 3. The normalized spacial score (nSPS) is 12.9. The van der Waals surface area contributed by atoms with E-state index in [1.165, 1.54) is 0 Å². The van der Waals surface area contributed by atoms with Crippen LogP contribution in [-0.2, 0) is 14.3 Å². The van der Waals surface area contributed by atoms with Crippen molar-refractivity contribution in [1.29, 1.82) is 0 Å². The van der Waals surface area contributed by atoms with Crippen molar-refractivity contribution in [3.05, 3.63) is 59.7 Å². The molecule has 8 nitrogen and oxygen atoms in total. The summed E-state index contributed by atoms with van der Waals surface area (Å²) in [6, 6.07) is 15.3. The highest BCUT2D eigenvalue weighted by atomic mass is 16.6. The van der Waals surface area contributed by atoms with Gasteiger partial charge in [-0.05, 0) is 62.3 Å². The molecule has 0 fully saturated rings. The first-order valence-electron chi connectivity index (χ1n) is 12.5. The number of amides is 3. The number of hydrogen-bond donors (Lipinski definition) is 3. The second-order valence-corrected chi connectivity index (χ2v) is 9.87. The van der Waals surface area contributed by atoms with E-state index in [1.807, 2.05) is 36.4 Å². The lowest BCUT2D eigenvalue weighted by molar-refractivity contribution is -0.123. The molecule has 0 aromatic heterocycles. The monoisotopic (exact) mass is 505 g/mol. The first-order chi connectivity index (χ1) is 17.7. The molecule has 0 spiro atoms. The summed E-state index contributed by atoms with van der Waals surface area (Å²) in [4.78, 5) is 37.1. The van der Waals surface area contributed by atoms with E-state index in [9.17, 15) is 14.4 Å². The van der Waals surface area contributed by atoms with Crippen LogP contribution in [0.25, 0.3) is 11.1 Å². The third-order valence-electron chi connectivity index (χ3n) is 5.90. The SMILES string of the molecule is C#CCNC(=O)[C@H](CCCCNC(=O)OC(C)(C)C)NC(=O)OCC1c2ccccc2-c2ccccc21. The third kappa shape index (κ3) is 8.01. The summed E-state index contributed by atoms with van der Waals surface area (Å²) in [6.45, 7) is 5.97. The number of nitrogens with one attached hydrogen (secondary N) is 3. The minimum atomic E-state index is -0.814. The Bertz CT molecular complexity index is 1100. The Hall–Kier alpha value is -3.99. The summed E-state index contributed by atoms with van der Waals surface area (Å²) in [5.41, 5.74) is 3.92. The van der Waals surface area contributed by atoms with E-state index >= 15 is 0 Å². The molecule has 3 N–H and O–H groups in total. The molecule has 0 aliphatic heterocycles. The highest BCUT2D eigenvalue weighted by Gasteiger charge is 2.29. The predicted octanol–water partition coefficient (Wildman–Crippen LogP) is 4.34. The lowest BCUT2D eigenvalue weighted by atomic mass is 9.98. The van der Waals surface area contributed by atoms with Gasteiger partial charge in [-0.15, -0.1) is 6.42 Å². The van der Waals surface area contributed by atoms with Gasteiger partial charge in [-0.2, -0.15) is 0 Å². The number of unbranched alkanes of at least 4 members (excludes halogenated alkanes) is 1. The van der Waals surface area contributed by atoms with Gasteiger partial charge in [0.25, 0.3) is 0 Å². The number of ether oxygens (including phenoxy) is 2. The standard InChI is InChI=1S/C29H35N3O5/c1-5-17-30-26(33)25(16-10-11-18-31-27(34)37-29(2,3)4)32-28(35)36-19-24-22-14-8-6-12-20(22)21-13-7-9-15-23(21)24/h1,6-9,12-15,24-25H,10-11,16-19H2,2-4H3,(H,30,33)(H,31,34)(H,32,35)/t25-/m0/s1. The van der Waals surface area contributed by atoms with Crippen LogP contribution >= 0.6 is 0 Å². The molecule has 2 aromatic rings. The number of hydrogen-bond acceptors (Lipinski definition) is 5. The number of terminal acetylenes is 1. The largest absolute Gasteiger partial charge is 0.449 e. The average Bonchev–Trinajstić information content (AvgIpc) is 3.17. The van der Waals surface area contributed by atoms with Crippen LogP contribution in [0, 0.1) is 12.3 Å². The highest BCUT2D eigenvalue weighted by molar-refractivity contribution is 5.86. The van der Waals surface area contributed by atoms with E-state index in [1.54, 1.807) is 20.8 Å². The van der Waals surface area contributed by atoms with Crippen molar-refractivity contribution in [2.75, 3.05) is 19.7 Å². The van der Waals surface area contributed by atoms with Crippen LogP contribution in [0.2, 0.25) is 0 Å². The minimum Gasteiger partial charge on any atom is -0.449 e. The van der Waals surface area contributed by atoms with Crippen LogP contribution in [0.3, 0.4) is 0 Å². The van der Waals surface area contributed by atoms with Crippen molar-refractivity contribution in [3.63, 3.8) is 0 Å². The van der Waals surface area contributed by atoms with Crippen molar-refractivity contribution in [3.8, 4) is 23.5 Å². The Morgan fingerprint density at radius 2 is 1.57 bits per heavy atom. The minimum absolute atomic E-state index is 0.0574. The zero-order valence-corrected chi connectivity index (χ0v) is 21.6. The number of alkyl carbamates (subject to hydrolysis) is 2. The van der Waals surface area contributed by atoms with Crippen LogP contribution in [0.15, 0.2) is 48.5 Å². The van der Waals surface area contributed by atoms with E-state index in [0.717, 1.165) is 22.3 Å². The van der Waals surface area contributed by atoms with Crippen molar-refractivity contribution in [2.24, 2.45) is 0 Å².